The molecule has 1 aliphatic heterocycles. The van der Waals surface area contributed by atoms with Crippen LogP contribution in [0.25, 0.3) is 6.08 Å². The quantitative estimate of drug-likeness (QED) is 0.511. The molecule has 3 aromatic rings. The van der Waals surface area contributed by atoms with Gasteiger partial charge < -0.3 is 4.90 Å². The van der Waals surface area contributed by atoms with Gasteiger partial charge in [0, 0.05) is 11.1 Å². The summed E-state index contributed by atoms with van der Waals surface area (Å²) in [6.07, 6.45) is 2.53. The Morgan fingerprint density at radius 3 is 2.56 bits per heavy atom. The molecule has 0 fully saturated rings. The SMILES string of the molecule is O=C(/C=C/c1cccc2c1N(Cc1ccc(F)c(F)c1)C(=O)C2)NS(=O)(=O)c1cccc(Cl)c1. The fourth-order valence-electron chi connectivity index (χ4n) is 3.61. The summed E-state index contributed by atoms with van der Waals surface area (Å²) in [6.45, 7) is 0.00320. The Balaban J connectivity index is 1.57. The van der Waals surface area contributed by atoms with Crippen molar-refractivity contribution >= 4 is 45.2 Å². The van der Waals surface area contributed by atoms with Crippen molar-refractivity contribution < 1.29 is 26.8 Å². The van der Waals surface area contributed by atoms with Crippen LogP contribution in [0.15, 0.2) is 71.6 Å². The highest BCUT2D eigenvalue weighted by atomic mass is 35.5. The number of carbonyl (C=O) groups excluding carboxylic acids is 2. The van der Waals surface area contributed by atoms with Crippen LogP contribution in [0.5, 0.6) is 0 Å². The molecule has 2 amide bonds. The summed E-state index contributed by atoms with van der Waals surface area (Å²) in [7, 11) is -4.13. The summed E-state index contributed by atoms with van der Waals surface area (Å²) in [5, 5.41) is 0.205. The van der Waals surface area contributed by atoms with Gasteiger partial charge in [0.2, 0.25) is 5.91 Å². The van der Waals surface area contributed by atoms with Crippen LogP contribution in [-0.4, -0.2) is 20.2 Å². The van der Waals surface area contributed by atoms with Gasteiger partial charge in [0.25, 0.3) is 15.9 Å². The van der Waals surface area contributed by atoms with Crippen molar-refractivity contribution in [3.63, 3.8) is 0 Å². The maximum atomic E-state index is 13.6. The third kappa shape index (κ3) is 5.00. The van der Waals surface area contributed by atoms with Crippen molar-refractivity contribution in [1.82, 2.24) is 4.72 Å². The van der Waals surface area contributed by atoms with E-state index in [1.165, 1.54) is 41.3 Å². The third-order valence-electron chi connectivity index (χ3n) is 5.14. The number of amides is 2. The Morgan fingerprint density at radius 2 is 1.82 bits per heavy atom. The number of rotatable bonds is 6. The summed E-state index contributed by atoms with van der Waals surface area (Å²) in [6, 6.07) is 14.0. The van der Waals surface area contributed by atoms with E-state index < -0.39 is 27.6 Å². The minimum Gasteiger partial charge on any atom is -0.307 e. The van der Waals surface area contributed by atoms with Crippen molar-refractivity contribution in [2.24, 2.45) is 0 Å². The Morgan fingerprint density at radius 1 is 1.06 bits per heavy atom. The van der Waals surface area contributed by atoms with E-state index in [4.69, 9.17) is 11.6 Å². The number of para-hydroxylation sites is 1. The molecular formula is C24H17ClF2N2O4S. The lowest BCUT2D eigenvalue weighted by Gasteiger charge is -2.20. The molecule has 0 saturated heterocycles. The number of hydrogen-bond acceptors (Lipinski definition) is 4. The molecule has 1 aliphatic rings. The van der Waals surface area contributed by atoms with Gasteiger partial charge in [-0.2, -0.15) is 0 Å². The van der Waals surface area contributed by atoms with Gasteiger partial charge in [0.1, 0.15) is 0 Å². The first-order valence-electron chi connectivity index (χ1n) is 10.0. The normalized spacial score (nSPS) is 13.4. The molecule has 0 aromatic heterocycles. The van der Waals surface area contributed by atoms with Crippen LogP contribution in [0, 0.1) is 11.6 Å². The Bertz CT molecular complexity index is 1440. The number of nitrogens with zero attached hydrogens (tertiary/aromatic N) is 1. The average molecular weight is 503 g/mol. The number of nitrogens with one attached hydrogen (secondary N) is 1. The van der Waals surface area contributed by atoms with Crippen LogP contribution in [-0.2, 0) is 32.6 Å². The third-order valence-corrected chi connectivity index (χ3v) is 6.72. The monoisotopic (exact) mass is 502 g/mol. The summed E-state index contributed by atoms with van der Waals surface area (Å²) in [5.41, 5.74) is 2.09. The van der Waals surface area contributed by atoms with Gasteiger partial charge >= 0.3 is 0 Å². The second-order valence-corrected chi connectivity index (χ2v) is 9.64. The van der Waals surface area contributed by atoms with Crippen LogP contribution in [0.4, 0.5) is 14.5 Å². The second kappa shape index (κ2) is 9.36. The zero-order chi connectivity index (χ0) is 24.5. The van der Waals surface area contributed by atoms with E-state index >= 15 is 0 Å². The molecule has 3 aromatic carbocycles. The highest BCUT2D eigenvalue weighted by Gasteiger charge is 2.29. The van der Waals surface area contributed by atoms with E-state index in [0.717, 1.165) is 18.2 Å². The molecule has 0 aliphatic carbocycles. The van der Waals surface area contributed by atoms with E-state index in [1.807, 2.05) is 4.72 Å². The lowest BCUT2D eigenvalue weighted by atomic mass is 10.1. The molecule has 174 valence electrons. The first kappa shape index (κ1) is 23.6. The molecule has 1 N–H and O–H groups in total. The van der Waals surface area contributed by atoms with E-state index in [2.05, 4.69) is 0 Å². The second-order valence-electron chi connectivity index (χ2n) is 7.52. The maximum absolute atomic E-state index is 13.6. The zero-order valence-corrected chi connectivity index (χ0v) is 19.0. The summed E-state index contributed by atoms with van der Waals surface area (Å²) >= 11 is 5.82. The van der Waals surface area contributed by atoms with Crippen molar-refractivity contribution in [3.05, 3.63) is 100 Å². The molecule has 0 spiro atoms. The average Bonchev–Trinajstić information content (AvgIpc) is 3.10. The smallest absolute Gasteiger partial charge is 0.264 e. The lowest BCUT2D eigenvalue weighted by Crippen LogP contribution is -2.29. The standard InChI is InChI=1S/C24H17ClF2N2O4S/c25-18-5-2-6-19(13-18)34(32,33)28-22(30)10-8-16-3-1-4-17-12-23(31)29(24(16)17)14-15-7-9-20(26)21(27)11-15/h1-11,13H,12,14H2,(H,28,30)/b10-8+. The van der Waals surface area contributed by atoms with Gasteiger partial charge in [-0.15, -0.1) is 0 Å². The van der Waals surface area contributed by atoms with Gasteiger partial charge in [0.15, 0.2) is 11.6 Å². The predicted molar refractivity (Wildman–Crippen MR) is 124 cm³/mol. The Kier molecular flexibility index (Phi) is 6.49. The highest BCUT2D eigenvalue weighted by Crippen LogP contribution is 2.34. The first-order valence-corrected chi connectivity index (χ1v) is 11.9. The number of hydrogen-bond donors (Lipinski definition) is 1. The topological polar surface area (TPSA) is 83.6 Å². The molecule has 0 saturated carbocycles. The van der Waals surface area contributed by atoms with Gasteiger partial charge in [0.05, 0.1) is 23.5 Å². The molecule has 10 heteroatoms. The first-order chi connectivity index (χ1) is 16.1. The molecule has 6 nitrogen and oxygen atoms in total. The van der Waals surface area contributed by atoms with Gasteiger partial charge in [-0.25, -0.2) is 21.9 Å². The minimum absolute atomic E-state index is 0.00320. The highest BCUT2D eigenvalue weighted by molar-refractivity contribution is 7.90. The molecule has 1 heterocycles. The van der Waals surface area contributed by atoms with E-state index in [1.54, 1.807) is 18.2 Å². The van der Waals surface area contributed by atoms with Crippen LogP contribution in [0.2, 0.25) is 5.02 Å². The van der Waals surface area contributed by atoms with Crippen LogP contribution < -0.4 is 9.62 Å². The van der Waals surface area contributed by atoms with Crippen molar-refractivity contribution in [1.29, 1.82) is 0 Å². The molecule has 4 rings (SSSR count). The van der Waals surface area contributed by atoms with Crippen LogP contribution in [0.1, 0.15) is 16.7 Å². The molecule has 0 bridgehead atoms. The van der Waals surface area contributed by atoms with E-state index in [9.17, 15) is 26.8 Å². The maximum Gasteiger partial charge on any atom is 0.264 e. The molecule has 0 atom stereocenters. The van der Waals surface area contributed by atoms with E-state index in [0.29, 0.717) is 22.4 Å². The van der Waals surface area contributed by atoms with Gasteiger partial charge in [-0.05, 0) is 53.1 Å². The Hall–Kier alpha value is -3.56. The molecule has 0 unspecified atom stereocenters. The minimum atomic E-state index is -4.13. The fourth-order valence-corrected chi connectivity index (χ4v) is 4.86. The number of sulfonamides is 1. The summed E-state index contributed by atoms with van der Waals surface area (Å²) < 4.78 is 53.6. The summed E-state index contributed by atoms with van der Waals surface area (Å²) in [5.74, 6) is -3.14. The van der Waals surface area contributed by atoms with Crippen molar-refractivity contribution in [2.45, 2.75) is 17.9 Å². The largest absolute Gasteiger partial charge is 0.307 e. The van der Waals surface area contributed by atoms with Crippen molar-refractivity contribution in [2.75, 3.05) is 4.90 Å². The zero-order valence-electron chi connectivity index (χ0n) is 17.5. The van der Waals surface area contributed by atoms with Crippen LogP contribution in [0.3, 0.4) is 0 Å². The number of halogens is 3. The number of fused-ring (bicyclic) bond motifs is 1. The fraction of sp³-hybridized carbons (Fsp3) is 0.0833. The number of carbonyl (C=O) groups is 2. The molecule has 34 heavy (non-hydrogen) atoms. The summed E-state index contributed by atoms with van der Waals surface area (Å²) in [4.78, 5) is 26.2. The van der Waals surface area contributed by atoms with Gasteiger partial charge in [-0.1, -0.05) is 41.9 Å². The predicted octanol–water partition coefficient (Wildman–Crippen LogP) is 4.23. The number of benzene rings is 3. The number of anilines is 1. The Labute approximate surface area is 199 Å². The van der Waals surface area contributed by atoms with Crippen molar-refractivity contribution in [3.8, 4) is 0 Å². The molecule has 0 radical (unpaired) electrons. The lowest BCUT2D eigenvalue weighted by molar-refractivity contribution is -0.117. The molecular weight excluding hydrogens is 486 g/mol. The van der Waals surface area contributed by atoms with Gasteiger partial charge in [-0.3, -0.25) is 9.59 Å². The van der Waals surface area contributed by atoms with Crippen LogP contribution >= 0.6 is 11.6 Å². The van der Waals surface area contributed by atoms with E-state index in [-0.39, 0.29) is 28.8 Å².